The van der Waals surface area contributed by atoms with Gasteiger partial charge in [-0.15, -0.1) is 0 Å². The number of aromatic nitrogens is 4. The van der Waals surface area contributed by atoms with Crippen molar-refractivity contribution < 1.29 is 18.4 Å². The molecule has 9 nitrogen and oxygen atoms in total. The highest BCUT2D eigenvalue weighted by Crippen LogP contribution is 2.32. The number of benzene rings is 3. The minimum atomic E-state index is -0.653. The number of hydrogen-bond acceptors (Lipinski definition) is 7. The minimum absolute atomic E-state index is 0.184. The smallest absolute Gasteiger partial charge is 0.329 e. The van der Waals surface area contributed by atoms with Gasteiger partial charge in [-0.1, -0.05) is 23.4 Å². The van der Waals surface area contributed by atoms with Crippen LogP contribution >= 0.6 is 0 Å². The highest BCUT2D eigenvalue weighted by atomic mass is 19.1. The molecular weight excluding hydrogens is 455 g/mol. The van der Waals surface area contributed by atoms with Gasteiger partial charge >= 0.3 is 5.69 Å². The standard InChI is InChI=1S/C25H19FN4O5/c1-33-20-10-8-14(12-21(20)34-2)22-28-23(35-29-22)15-7-9-17-19(11-15)27-25(32)30(24(17)31)13-16-5-3-4-6-18(16)26/h3-12H,13H2,1-2H3,(H,27,32). The summed E-state index contributed by atoms with van der Waals surface area (Å²) in [5.74, 6) is 1.13. The lowest BCUT2D eigenvalue weighted by Gasteiger charge is -2.08. The van der Waals surface area contributed by atoms with E-state index in [2.05, 4.69) is 15.1 Å². The molecule has 0 aliphatic rings. The fraction of sp³-hybridized carbons (Fsp3) is 0.120. The van der Waals surface area contributed by atoms with Crippen molar-refractivity contribution in [3.63, 3.8) is 0 Å². The molecule has 5 rings (SSSR count). The number of aromatic amines is 1. The summed E-state index contributed by atoms with van der Waals surface area (Å²) in [5, 5.41) is 4.29. The van der Waals surface area contributed by atoms with E-state index < -0.39 is 17.1 Å². The van der Waals surface area contributed by atoms with Crippen LogP contribution in [0.15, 0.2) is 74.8 Å². The molecule has 0 fully saturated rings. The molecule has 0 spiro atoms. The molecule has 0 amide bonds. The summed E-state index contributed by atoms with van der Waals surface area (Å²) in [6, 6.07) is 16.0. The Bertz CT molecular complexity index is 1670. The summed E-state index contributed by atoms with van der Waals surface area (Å²) < 4.78 is 31.0. The van der Waals surface area contributed by atoms with Crippen LogP contribution in [0.4, 0.5) is 4.39 Å². The first-order valence-corrected chi connectivity index (χ1v) is 10.5. The van der Waals surface area contributed by atoms with Crippen molar-refractivity contribution in [1.29, 1.82) is 0 Å². The van der Waals surface area contributed by atoms with E-state index in [4.69, 9.17) is 14.0 Å². The second-order valence-corrected chi connectivity index (χ2v) is 7.67. The predicted molar refractivity (Wildman–Crippen MR) is 126 cm³/mol. The molecule has 0 unspecified atom stereocenters. The van der Waals surface area contributed by atoms with Crippen LogP contribution in [0, 0.1) is 5.82 Å². The molecule has 10 heteroatoms. The lowest BCUT2D eigenvalue weighted by molar-refractivity contribution is 0.355. The maximum atomic E-state index is 14.0. The second kappa shape index (κ2) is 8.90. The van der Waals surface area contributed by atoms with Crippen LogP contribution in [-0.4, -0.2) is 33.9 Å². The third kappa shape index (κ3) is 4.05. The molecule has 0 bridgehead atoms. The van der Waals surface area contributed by atoms with E-state index in [1.165, 1.54) is 19.2 Å². The van der Waals surface area contributed by atoms with E-state index in [1.54, 1.807) is 55.6 Å². The summed E-state index contributed by atoms with van der Waals surface area (Å²) in [6.45, 7) is -0.184. The largest absolute Gasteiger partial charge is 0.493 e. The van der Waals surface area contributed by atoms with Gasteiger partial charge in [0.1, 0.15) is 5.82 Å². The molecule has 0 radical (unpaired) electrons. The Morgan fingerprint density at radius 3 is 2.51 bits per heavy atom. The van der Waals surface area contributed by atoms with E-state index in [9.17, 15) is 14.0 Å². The maximum absolute atomic E-state index is 14.0. The summed E-state index contributed by atoms with van der Waals surface area (Å²) in [6.07, 6.45) is 0. The first-order valence-electron chi connectivity index (χ1n) is 10.5. The molecule has 1 N–H and O–H groups in total. The number of H-pyrrole nitrogens is 1. The third-order valence-electron chi connectivity index (χ3n) is 5.58. The zero-order valence-electron chi connectivity index (χ0n) is 18.7. The fourth-order valence-corrected chi connectivity index (χ4v) is 3.76. The van der Waals surface area contributed by atoms with E-state index >= 15 is 0 Å². The number of fused-ring (bicyclic) bond motifs is 1. The van der Waals surface area contributed by atoms with Crippen molar-refractivity contribution in [2.24, 2.45) is 0 Å². The second-order valence-electron chi connectivity index (χ2n) is 7.67. The summed E-state index contributed by atoms with van der Waals surface area (Å²) in [4.78, 5) is 32.7. The Balaban J connectivity index is 1.50. The molecule has 5 aromatic rings. The molecule has 176 valence electrons. The van der Waals surface area contributed by atoms with Crippen molar-refractivity contribution in [1.82, 2.24) is 19.7 Å². The van der Waals surface area contributed by atoms with Gasteiger partial charge in [-0.2, -0.15) is 4.98 Å². The average Bonchev–Trinajstić information content (AvgIpc) is 3.37. The zero-order chi connectivity index (χ0) is 24.5. The molecular formula is C25H19FN4O5. The van der Waals surface area contributed by atoms with Gasteiger partial charge in [-0.3, -0.25) is 9.36 Å². The van der Waals surface area contributed by atoms with Crippen LogP contribution < -0.4 is 20.7 Å². The fourth-order valence-electron chi connectivity index (χ4n) is 3.76. The van der Waals surface area contributed by atoms with Gasteiger partial charge in [-0.05, 0) is 42.5 Å². The van der Waals surface area contributed by atoms with Crippen LogP contribution in [-0.2, 0) is 6.54 Å². The Labute approximate surface area is 197 Å². The van der Waals surface area contributed by atoms with E-state index in [0.29, 0.717) is 34.0 Å². The SMILES string of the molecule is COc1ccc(-c2noc(-c3ccc4c(=O)n(Cc5ccccc5F)c(=O)[nH]c4c3)n2)cc1OC. The molecule has 0 aliphatic heterocycles. The van der Waals surface area contributed by atoms with E-state index in [1.807, 2.05) is 0 Å². The van der Waals surface area contributed by atoms with Crippen molar-refractivity contribution in [2.45, 2.75) is 6.54 Å². The van der Waals surface area contributed by atoms with Gasteiger partial charge < -0.3 is 19.0 Å². The zero-order valence-corrected chi connectivity index (χ0v) is 18.7. The number of ether oxygens (including phenoxy) is 2. The Kier molecular flexibility index (Phi) is 5.61. The monoisotopic (exact) mass is 474 g/mol. The normalized spacial score (nSPS) is 11.1. The van der Waals surface area contributed by atoms with E-state index in [-0.39, 0.29) is 23.4 Å². The Morgan fingerprint density at radius 1 is 0.971 bits per heavy atom. The summed E-state index contributed by atoms with van der Waals surface area (Å²) in [7, 11) is 3.08. The van der Waals surface area contributed by atoms with Crippen LogP contribution in [0.3, 0.4) is 0 Å². The number of hydrogen-bond donors (Lipinski definition) is 1. The lowest BCUT2D eigenvalue weighted by Crippen LogP contribution is -2.35. The van der Waals surface area contributed by atoms with Crippen LogP contribution in [0.1, 0.15) is 5.56 Å². The number of nitrogens with zero attached hydrogens (tertiary/aromatic N) is 3. The van der Waals surface area contributed by atoms with Crippen molar-refractivity contribution in [2.75, 3.05) is 14.2 Å². The molecule has 0 saturated carbocycles. The molecule has 0 aliphatic carbocycles. The predicted octanol–water partition coefficient (Wildman–Crippen LogP) is 3.61. The van der Waals surface area contributed by atoms with Crippen molar-refractivity contribution in [3.8, 4) is 34.3 Å². The third-order valence-corrected chi connectivity index (χ3v) is 5.58. The van der Waals surface area contributed by atoms with E-state index in [0.717, 1.165) is 4.57 Å². The maximum Gasteiger partial charge on any atom is 0.329 e. The van der Waals surface area contributed by atoms with Crippen LogP contribution in [0.5, 0.6) is 11.5 Å². The molecule has 35 heavy (non-hydrogen) atoms. The highest BCUT2D eigenvalue weighted by molar-refractivity contribution is 5.82. The number of methoxy groups -OCH3 is 2. The molecule has 0 saturated heterocycles. The molecule has 3 aromatic carbocycles. The van der Waals surface area contributed by atoms with Gasteiger partial charge in [0.05, 0.1) is 31.7 Å². The Hall–Kier alpha value is -4.73. The highest BCUT2D eigenvalue weighted by Gasteiger charge is 2.16. The number of rotatable bonds is 6. The van der Waals surface area contributed by atoms with Gasteiger partial charge in [0.2, 0.25) is 5.82 Å². The van der Waals surface area contributed by atoms with Gasteiger partial charge in [0, 0.05) is 16.7 Å². The van der Waals surface area contributed by atoms with Crippen LogP contribution in [0.2, 0.25) is 0 Å². The van der Waals surface area contributed by atoms with Gasteiger partial charge in [0.15, 0.2) is 11.5 Å². The summed E-state index contributed by atoms with van der Waals surface area (Å²) in [5.41, 5.74) is 0.522. The van der Waals surface area contributed by atoms with Gasteiger partial charge in [-0.25, -0.2) is 9.18 Å². The number of nitrogens with one attached hydrogen (secondary N) is 1. The van der Waals surface area contributed by atoms with Gasteiger partial charge in [0.25, 0.3) is 11.4 Å². The first kappa shape index (κ1) is 22.1. The Morgan fingerprint density at radius 2 is 1.74 bits per heavy atom. The topological polar surface area (TPSA) is 112 Å². The number of halogens is 1. The first-order chi connectivity index (χ1) is 17.0. The average molecular weight is 474 g/mol. The molecule has 2 heterocycles. The lowest BCUT2D eigenvalue weighted by atomic mass is 10.1. The molecule has 0 atom stereocenters. The quantitative estimate of drug-likeness (QED) is 0.400. The van der Waals surface area contributed by atoms with Crippen molar-refractivity contribution >= 4 is 10.9 Å². The molecule has 2 aromatic heterocycles. The summed E-state index contributed by atoms with van der Waals surface area (Å²) >= 11 is 0. The minimum Gasteiger partial charge on any atom is -0.493 e. The van der Waals surface area contributed by atoms with Crippen LogP contribution in [0.25, 0.3) is 33.7 Å². The van der Waals surface area contributed by atoms with Crippen molar-refractivity contribution in [3.05, 3.63) is 92.9 Å².